The third-order valence-electron chi connectivity index (χ3n) is 6.39. The topological polar surface area (TPSA) is 49.4 Å². The van der Waals surface area contributed by atoms with E-state index in [-0.39, 0.29) is 17.9 Å². The van der Waals surface area contributed by atoms with E-state index in [4.69, 9.17) is 0 Å². The van der Waals surface area contributed by atoms with Crippen LogP contribution in [-0.4, -0.2) is 22.8 Å². The Morgan fingerprint density at radius 3 is 2.45 bits per heavy atom. The van der Waals surface area contributed by atoms with Crippen LogP contribution in [0.5, 0.6) is 0 Å². The van der Waals surface area contributed by atoms with Crippen LogP contribution < -0.4 is 5.32 Å². The van der Waals surface area contributed by atoms with Crippen LogP contribution in [0.4, 0.5) is 0 Å². The van der Waals surface area contributed by atoms with Crippen molar-refractivity contribution in [2.24, 2.45) is 0 Å². The van der Waals surface area contributed by atoms with Crippen molar-refractivity contribution in [2.75, 3.05) is 0 Å². The van der Waals surface area contributed by atoms with E-state index in [0.29, 0.717) is 12.1 Å². The number of aryl methyl sites for hydroxylation is 1. The highest BCUT2D eigenvalue weighted by molar-refractivity contribution is 7.10. The van der Waals surface area contributed by atoms with E-state index in [1.165, 1.54) is 5.56 Å². The van der Waals surface area contributed by atoms with Gasteiger partial charge in [-0.25, -0.2) is 0 Å². The van der Waals surface area contributed by atoms with Crippen LogP contribution in [0.25, 0.3) is 11.1 Å². The molecule has 2 aliphatic rings. The lowest BCUT2D eigenvalue weighted by atomic mass is 10.00. The van der Waals surface area contributed by atoms with E-state index < -0.39 is 6.04 Å². The molecule has 5 rings (SSSR count). The maximum atomic E-state index is 13.8. The van der Waals surface area contributed by atoms with Gasteiger partial charge in [0.25, 0.3) is 5.91 Å². The molecular formula is C26H26N2O2S. The minimum absolute atomic E-state index is 0.0659. The van der Waals surface area contributed by atoms with Gasteiger partial charge in [-0.15, -0.1) is 11.3 Å². The molecule has 1 aromatic heterocycles. The van der Waals surface area contributed by atoms with Gasteiger partial charge in [0.15, 0.2) is 0 Å². The first kappa shape index (κ1) is 20.0. The molecule has 1 atom stereocenters. The SMILES string of the molecule is Cc1ccc(CN2C(=O)c3ccccc3-c3ccsc3C2C(=O)NC2CCCC2)cc1. The maximum absolute atomic E-state index is 13.8. The van der Waals surface area contributed by atoms with Gasteiger partial charge < -0.3 is 10.2 Å². The van der Waals surface area contributed by atoms with E-state index >= 15 is 0 Å². The van der Waals surface area contributed by atoms with Crippen LogP contribution in [0.1, 0.15) is 58.1 Å². The molecule has 158 valence electrons. The molecule has 1 aliphatic carbocycles. The number of carbonyl (C=O) groups is 2. The lowest BCUT2D eigenvalue weighted by molar-refractivity contribution is -0.126. The summed E-state index contributed by atoms with van der Waals surface area (Å²) in [5, 5.41) is 5.28. The quantitative estimate of drug-likeness (QED) is 0.596. The minimum atomic E-state index is -0.628. The summed E-state index contributed by atoms with van der Waals surface area (Å²) in [7, 11) is 0. The normalized spacial score (nSPS) is 18.4. The largest absolute Gasteiger partial charge is 0.351 e. The molecule has 2 aromatic carbocycles. The Hall–Kier alpha value is -2.92. The average molecular weight is 431 g/mol. The second kappa shape index (κ2) is 8.31. The molecule has 2 heterocycles. The van der Waals surface area contributed by atoms with Gasteiger partial charge in [-0.05, 0) is 54.0 Å². The average Bonchev–Trinajstić information content (AvgIpc) is 3.45. The van der Waals surface area contributed by atoms with Crippen LogP contribution in [0.15, 0.2) is 60.0 Å². The molecular weight excluding hydrogens is 404 g/mol. The van der Waals surface area contributed by atoms with Crippen LogP contribution in [-0.2, 0) is 11.3 Å². The number of hydrogen-bond acceptors (Lipinski definition) is 3. The maximum Gasteiger partial charge on any atom is 0.255 e. The predicted octanol–water partition coefficient (Wildman–Crippen LogP) is 5.48. The molecule has 2 amide bonds. The first-order valence-corrected chi connectivity index (χ1v) is 11.8. The molecule has 1 fully saturated rings. The monoisotopic (exact) mass is 430 g/mol. The van der Waals surface area contributed by atoms with Gasteiger partial charge in [-0.1, -0.05) is 60.9 Å². The molecule has 0 saturated heterocycles. The fourth-order valence-electron chi connectivity index (χ4n) is 4.74. The van der Waals surface area contributed by atoms with E-state index in [2.05, 4.69) is 17.4 Å². The fraction of sp³-hybridized carbons (Fsp3) is 0.308. The molecule has 1 aliphatic heterocycles. The second-order valence-electron chi connectivity index (χ2n) is 8.56. The number of carbonyl (C=O) groups excluding carboxylic acids is 2. The number of nitrogens with one attached hydrogen (secondary N) is 1. The van der Waals surface area contributed by atoms with E-state index in [9.17, 15) is 9.59 Å². The second-order valence-corrected chi connectivity index (χ2v) is 9.50. The summed E-state index contributed by atoms with van der Waals surface area (Å²) in [5.74, 6) is -0.157. The summed E-state index contributed by atoms with van der Waals surface area (Å²) >= 11 is 1.56. The van der Waals surface area contributed by atoms with Crippen molar-refractivity contribution in [1.82, 2.24) is 10.2 Å². The zero-order chi connectivity index (χ0) is 21.4. The number of amides is 2. The first-order chi connectivity index (χ1) is 15.1. The van der Waals surface area contributed by atoms with E-state index in [0.717, 1.165) is 47.3 Å². The number of nitrogens with zero attached hydrogens (tertiary/aromatic N) is 1. The highest BCUT2D eigenvalue weighted by Gasteiger charge is 2.39. The van der Waals surface area contributed by atoms with Crippen LogP contribution >= 0.6 is 11.3 Å². The molecule has 5 heteroatoms. The molecule has 1 saturated carbocycles. The summed E-state index contributed by atoms with van der Waals surface area (Å²) in [5.41, 5.74) is 4.76. The highest BCUT2D eigenvalue weighted by atomic mass is 32.1. The summed E-state index contributed by atoms with van der Waals surface area (Å²) < 4.78 is 0. The van der Waals surface area contributed by atoms with Crippen molar-refractivity contribution in [2.45, 2.75) is 51.2 Å². The Kier molecular flexibility index (Phi) is 5.36. The Bertz CT molecular complexity index is 1110. The summed E-state index contributed by atoms with van der Waals surface area (Å²) in [6.45, 7) is 2.44. The molecule has 0 radical (unpaired) electrons. The lowest BCUT2D eigenvalue weighted by Crippen LogP contribution is -2.45. The molecule has 4 nitrogen and oxygen atoms in total. The van der Waals surface area contributed by atoms with Crippen LogP contribution in [0.3, 0.4) is 0 Å². The third kappa shape index (κ3) is 3.79. The Labute approximate surface area is 186 Å². The minimum Gasteiger partial charge on any atom is -0.351 e. The molecule has 0 bridgehead atoms. The summed E-state index contributed by atoms with van der Waals surface area (Å²) in [6.07, 6.45) is 4.33. The van der Waals surface area contributed by atoms with Gasteiger partial charge in [0.2, 0.25) is 5.91 Å². The van der Waals surface area contributed by atoms with Crippen LogP contribution in [0, 0.1) is 6.92 Å². The van der Waals surface area contributed by atoms with Crippen molar-refractivity contribution in [3.63, 3.8) is 0 Å². The Balaban J connectivity index is 1.60. The number of fused-ring (bicyclic) bond motifs is 3. The molecule has 0 spiro atoms. The summed E-state index contributed by atoms with van der Waals surface area (Å²) in [4.78, 5) is 30.1. The number of rotatable bonds is 4. The number of benzene rings is 2. The number of hydrogen-bond donors (Lipinski definition) is 1. The van der Waals surface area contributed by atoms with Crippen LogP contribution in [0.2, 0.25) is 0 Å². The van der Waals surface area contributed by atoms with Crippen molar-refractivity contribution in [1.29, 1.82) is 0 Å². The lowest BCUT2D eigenvalue weighted by Gasteiger charge is -2.30. The Morgan fingerprint density at radius 2 is 1.71 bits per heavy atom. The molecule has 1 unspecified atom stereocenters. The van der Waals surface area contributed by atoms with Gasteiger partial charge in [0.05, 0.1) is 0 Å². The third-order valence-corrected chi connectivity index (χ3v) is 7.36. The molecule has 3 aromatic rings. The predicted molar refractivity (Wildman–Crippen MR) is 124 cm³/mol. The highest BCUT2D eigenvalue weighted by Crippen LogP contribution is 2.42. The van der Waals surface area contributed by atoms with Crippen molar-refractivity contribution >= 4 is 23.2 Å². The number of thiophene rings is 1. The fourth-order valence-corrected chi connectivity index (χ4v) is 5.76. The molecule has 1 N–H and O–H groups in total. The van der Waals surface area contributed by atoms with Gasteiger partial charge in [0.1, 0.15) is 6.04 Å². The summed E-state index contributed by atoms with van der Waals surface area (Å²) in [6, 6.07) is 17.5. The van der Waals surface area contributed by atoms with Gasteiger partial charge in [0, 0.05) is 23.0 Å². The zero-order valence-corrected chi connectivity index (χ0v) is 18.5. The van der Waals surface area contributed by atoms with Gasteiger partial charge in [-0.3, -0.25) is 9.59 Å². The van der Waals surface area contributed by atoms with Crippen molar-refractivity contribution in [3.05, 3.63) is 81.5 Å². The van der Waals surface area contributed by atoms with E-state index in [1.807, 2.05) is 54.8 Å². The van der Waals surface area contributed by atoms with Gasteiger partial charge >= 0.3 is 0 Å². The van der Waals surface area contributed by atoms with Crippen molar-refractivity contribution in [3.8, 4) is 11.1 Å². The van der Waals surface area contributed by atoms with Crippen molar-refractivity contribution < 1.29 is 9.59 Å². The molecule has 31 heavy (non-hydrogen) atoms. The first-order valence-electron chi connectivity index (χ1n) is 11.0. The Morgan fingerprint density at radius 1 is 1.00 bits per heavy atom. The standard InChI is InChI=1S/C26H26N2O2S/c1-17-10-12-18(13-11-17)16-28-23(25(29)27-19-6-2-3-7-19)24-21(14-15-31-24)20-8-4-5-9-22(20)26(28)30/h4-5,8-15,19,23H,2-3,6-7,16H2,1H3,(H,27,29). The zero-order valence-electron chi connectivity index (χ0n) is 17.6. The smallest absolute Gasteiger partial charge is 0.255 e. The van der Waals surface area contributed by atoms with Gasteiger partial charge in [-0.2, -0.15) is 0 Å². The van der Waals surface area contributed by atoms with E-state index in [1.54, 1.807) is 16.2 Å².